The number of benzene rings is 1. The smallest absolute Gasteiger partial charge is 0.167 e. The minimum Gasteiger partial charge on any atom is -0.494 e. The molecule has 6 heteroatoms. The van der Waals surface area contributed by atoms with Crippen molar-refractivity contribution in [1.29, 1.82) is 5.26 Å². The second-order valence-electron chi connectivity index (χ2n) is 3.75. The van der Waals surface area contributed by atoms with Crippen molar-refractivity contribution in [3.05, 3.63) is 42.1 Å². The van der Waals surface area contributed by atoms with Gasteiger partial charge in [-0.3, -0.25) is 0 Å². The molecule has 0 fully saturated rings. The highest BCUT2D eigenvalue weighted by Crippen LogP contribution is 2.26. The fraction of sp³-hybridized carbons (Fsp3) is 0.154. The van der Waals surface area contributed by atoms with Crippen molar-refractivity contribution >= 4 is 11.5 Å². The van der Waals surface area contributed by atoms with Gasteiger partial charge in [0.2, 0.25) is 0 Å². The lowest BCUT2D eigenvalue weighted by molar-refractivity contribution is 0.386. The number of methoxy groups -OCH3 is 1. The molecule has 96 valence electrons. The van der Waals surface area contributed by atoms with Crippen LogP contribution in [0.25, 0.3) is 0 Å². The molecule has 0 radical (unpaired) electrons. The van der Waals surface area contributed by atoms with Crippen molar-refractivity contribution in [1.82, 2.24) is 9.97 Å². The topological polar surface area (TPSA) is 62.0 Å². The first kappa shape index (κ1) is 12.8. The number of nitriles is 1. The van der Waals surface area contributed by atoms with Crippen LogP contribution in [0.4, 0.5) is 15.9 Å². The van der Waals surface area contributed by atoms with E-state index < -0.39 is 5.82 Å². The Kier molecular flexibility index (Phi) is 3.57. The summed E-state index contributed by atoms with van der Waals surface area (Å²) in [7, 11) is 3.14. The van der Waals surface area contributed by atoms with Crippen LogP contribution in [0.15, 0.2) is 30.6 Å². The third kappa shape index (κ3) is 2.60. The van der Waals surface area contributed by atoms with E-state index in [9.17, 15) is 4.39 Å². The number of hydrogen-bond donors (Lipinski definition) is 0. The summed E-state index contributed by atoms with van der Waals surface area (Å²) < 4.78 is 18.5. The van der Waals surface area contributed by atoms with Crippen LogP contribution >= 0.6 is 0 Å². The van der Waals surface area contributed by atoms with E-state index >= 15 is 0 Å². The van der Waals surface area contributed by atoms with E-state index in [1.54, 1.807) is 18.0 Å². The van der Waals surface area contributed by atoms with Crippen molar-refractivity contribution in [2.24, 2.45) is 0 Å². The highest BCUT2D eigenvalue weighted by Gasteiger charge is 2.10. The van der Waals surface area contributed by atoms with Crippen LogP contribution in [0.1, 0.15) is 5.69 Å². The summed E-state index contributed by atoms with van der Waals surface area (Å²) in [6.45, 7) is 0. The summed E-state index contributed by atoms with van der Waals surface area (Å²) in [6.07, 6.45) is 1.30. The molecule has 0 unspecified atom stereocenters. The molecule has 0 aliphatic carbocycles. The zero-order valence-corrected chi connectivity index (χ0v) is 10.5. The predicted molar refractivity (Wildman–Crippen MR) is 67.8 cm³/mol. The number of aromatic nitrogens is 2. The van der Waals surface area contributed by atoms with Gasteiger partial charge >= 0.3 is 0 Å². The molecular formula is C13H11FN4O. The number of nitrogens with zero attached hydrogens (tertiary/aromatic N) is 4. The van der Waals surface area contributed by atoms with E-state index in [4.69, 9.17) is 10.00 Å². The molecule has 0 amide bonds. The first-order valence-electron chi connectivity index (χ1n) is 5.45. The molecule has 19 heavy (non-hydrogen) atoms. The van der Waals surface area contributed by atoms with E-state index in [1.807, 2.05) is 6.07 Å². The first-order chi connectivity index (χ1) is 9.15. The Morgan fingerprint density at radius 3 is 2.74 bits per heavy atom. The average molecular weight is 258 g/mol. The van der Waals surface area contributed by atoms with Gasteiger partial charge < -0.3 is 9.64 Å². The highest BCUT2D eigenvalue weighted by atomic mass is 19.1. The Labute approximate surface area is 109 Å². The van der Waals surface area contributed by atoms with Gasteiger partial charge in [0.15, 0.2) is 11.6 Å². The van der Waals surface area contributed by atoms with E-state index in [1.165, 1.54) is 31.6 Å². The summed E-state index contributed by atoms with van der Waals surface area (Å²) in [4.78, 5) is 9.49. The predicted octanol–water partition coefficient (Wildman–Crippen LogP) is 2.26. The van der Waals surface area contributed by atoms with Crippen molar-refractivity contribution in [3.8, 4) is 11.8 Å². The first-order valence-corrected chi connectivity index (χ1v) is 5.45. The lowest BCUT2D eigenvalue weighted by Crippen LogP contribution is -2.12. The molecule has 2 aromatic rings. The van der Waals surface area contributed by atoms with E-state index in [-0.39, 0.29) is 11.4 Å². The Hall–Kier alpha value is -2.68. The minimum atomic E-state index is -0.457. The van der Waals surface area contributed by atoms with Crippen LogP contribution < -0.4 is 9.64 Å². The molecule has 0 aliphatic rings. The molecule has 0 N–H and O–H groups in total. The largest absolute Gasteiger partial charge is 0.494 e. The molecule has 0 saturated carbocycles. The lowest BCUT2D eigenvalue weighted by atomic mass is 10.2. The molecular weight excluding hydrogens is 247 g/mol. The van der Waals surface area contributed by atoms with Gasteiger partial charge in [0, 0.05) is 24.9 Å². The zero-order valence-electron chi connectivity index (χ0n) is 10.5. The van der Waals surface area contributed by atoms with Gasteiger partial charge in [0.25, 0.3) is 0 Å². The maximum Gasteiger partial charge on any atom is 0.167 e. The second kappa shape index (κ2) is 5.31. The summed E-state index contributed by atoms with van der Waals surface area (Å²) in [5.74, 6) is 0.232. The van der Waals surface area contributed by atoms with Crippen LogP contribution in [0.5, 0.6) is 5.75 Å². The van der Waals surface area contributed by atoms with Crippen molar-refractivity contribution < 1.29 is 9.13 Å². The maximum absolute atomic E-state index is 13.6. The fourth-order valence-electron chi connectivity index (χ4n) is 1.59. The maximum atomic E-state index is 13.6. The zero-order chi connectivity index (χ0) is 13.8. The van der Waals surface area contributed by atoms with Crippen molar-refractivity contribution in [2.45, 2.75) is 0 Å². The number of anilines is 2. The van der Waals surface area contributed by atoms with E-state index in [0.29, 0.717) is 11.5 Å². The van der Waals surface area contributed by atoms with Crippen molar-refractivity contribution in [3.63, 3.8) is 0 Å². The third-order valence-electron chi connectivity index (χ3n) is 2.63. The summed E-state index contributed by atoms with van der Waals surface area (Å²) >= 11 is 0. The lowest BCUT2D eigenvalue weighted by Gasteiger charge is -2.18. The van der Waals surface area contributed by atoms with Gasteiger partial charge in [0.05, 0.1) is 7.11 Å². The van der Waals surface area contributed by atoms with Gasteiger partial charge in [-0.05, 0) is 12.1 Å². The number of rotatable bonds is 3. The SMILES string of the molecule is COc1ccc(N(C)c2cc(C#N)ncn2)cc1F. The van der Waals surface area contributed by atoms with Gasteiger partial charge in [-0.1, -0.05) is 0 Å². The molecule has 0 saturated heterocycles. The Balaban J connectivity index is 2.36. The third-order valence-corrected chi connectivity index (χ3v) is 2.63. The fourth-order valence-corrected chi connectivity index (χ4v) is 1.59. The van der Waals surface area contributed by atoms with Gasteiger partial charge in [-0.15, -0.1) is 0 Å². The van der Waals surface area contributed by atoms with Crippen LogP contribution in [0, 0.1) is 17.1 Å². The molecule has 0 atom stereocenters. The monoisotopic (exact) mass is 258 g/mol. The van der Waals surface area contributed by atoms with E-state index in [2.05, 4.69) is 9.97 Å². The van der Waals surface area contributed by atoms with Crippen LogP contribution in [-0.4, -0.2) is 24.1 Å². The van der Waals surface area contributed by atoms with Crippen LogP contribution in [-0.2, 0) is 0 Å². The van der Waals surface area contributed by atoms with Gasteiger partial charge in [0.1, 0.15) is 23.9 Å². The molecule has 0 bridgehead atoms. The molecule has 5 nitrogen and oxygen atoms in total. The second-order valence-corrected chi connectivity index (χ2v) is 3.75. The standard InChI is InChI=1S/C13H11FN4O/c1-18(13-5-9(7-15)16-8-17-13)10-3-4-12(19-2)11(14)6-10/h3-6,8H,1-2H3. The van der Waals surface area contributed by atoms with Crippen molar-refractivity contribution in [2.75, 3.05) is 19.1 Å². The quantitative estimate of drug-likeness (QED) is 0.845. The van der Waals surface area contributed by atoms with Crippen LogP contribution in [0.2, 0.25) is 0 Å². The Morgan fingerprint density at radius 1 is 1.32 bits per heavy atom. The van der Waals surface area contributed by atoms with Crippen LogP contribution in [0.3, 0.4) is 0 Å². The number of halogens is 1. The van der Waals surface area contributed by atoms with Gasteiger partial charge in [-0.2, -0.15) is 5.26 Å². The number of hydrogen-bond acceptors (Lipinski definition) is 5. The summed E-state index contributed by atoms with van der Waals surface area (Å²) in [5, 5.41) is 8.79. The molecule has 2 rings (SSSR count). The minimum absolute atomic E-state index is 0.178. The Morgan fingerprint density at radius 2 is 2.11 bits per heavy atom. The Bertz CT molecular complexity index is 639. The number of ether oxygens (including phenoxy) is 1. The highest BCUT2D eigenvalue weighted by molar-refractivity contribution is 5.60. The normalized spacial score (nSPS) is 9.79. The average Bonchev–Trinajstić information content (AvgIpc) is 2.46. The molecule has 1 aromatic carbocycles. The van der Waals surface area contributed by atoms with Gasteiger partial charge in [-0.25, -0.2) is 14.4 Å². The van der Waals surface area contributed by atoms with E-state index in [0.717, 1.165) is 0 Å². The molecule has 0 aliphatic heterocycles. The summed E-state index contributed by atoms with van der Waals surface area (Å²) in [6, 6.07) is 8.04. The molecule has 1 aromatic heterocycles. The molecule has 0 spiro atoms. The molecule has 1 heterocycles. The summed E-state index contributed by atoms with van der Waals surface area (Å²) in [5.41, 5.74) is 0.853.